The van der Waals surface area contributed by atoms with E-state index >= 15 is 0 Å². The van der Waals surface area contributed by atoms with E-state index in [9.17, 15) is 13.2 Å². The maximum Gasteiger partial charge on any atom is 0.420 e. The molecule has 0 radical (unpaired) electrons. The van der Waals surface area contributed by atoms with Crippen LogP contribution in [0, 0.1) is 0 Å². The third kappa shape index (κ3) is 4.03. The molecular formula is C14H19F3N2O. The minimum absolute atomic E-state index is 0.0849. The average Bonchev–Trinajstić information content (AvgIpc) is 2.88. The molecule has 1 fully saturated rings. The first-order valence-corrected chi connectivity index (χ1v) is 6.79. The Morgan fingerprint density at radius 3 is 2.55 bits per heavy atom. The van der Waals surface area contributed by atoms with Crippen molar-refractivity contribution in [2.75, 3.05) is 32.0 Å². The van der Waals surface area contributed by atoms with Gasteiger partial charge >= 0.3 is 6.18 Å². The fourth-order valence-corrected chi connectivity index (χ4v) is 2.37. The van der Waals surface area contributed by atoms with E-state index in [1.54, 1.807) is 0 Å². The van der Waals surface area contributed by atoms with Gasteiger partial charge in [0.05, 0.1) is 12.2 Å². The highest BCUT2D eigenvalue weighted by molar-refractivity contribution is 5.49. The van der Waals surface area contributed by atoms with Gasteiger partial charge in [-0.25, -0.2) is 0 Å². The van der Waals surface area contributed by atoms with Crippen LogP contribution in [-0.2, 0) is 6.18 Å². The summed E-state index contributed by atoms with van der Waals surface area (Å²) in [5, 5.41) is 0. The van der Waals surface area contributed by atoms with Gasteiger partial charge in [-0.2, -0.15) is 13.2 Å². The van der Waals surface area contributed by atoms with Gasteiger partial charge in [-0.3, -0.25) is 0 Å². The largest absolute Gasteiger partial charge is 0.493 e. The van der Waals surface area contributed by atoms with E-state index in [4.69, 9.17) is 10.5 Å². The van der Waals surface area contributed by atoms with Gasteiger partial charge in [-0.15, -0.1) is 0 Å². The molecule has 0 aromatic heterocycles. The zero-order chi connectivity index (χ0) is 14.6. The molecule has 0 bridgehead atoms. The van der Waals surface area contributed by atoms with E-state index in [0.29, 0.717) is 0 Å². The predicted octanol–water partition coefficient (Wildman–Crippen LogP) is 3.15. The molecule has 1 saturated heterocycles. The molecule has 112 valence electrons. The molecular weight excluding hydrogens is 269 g/mol. The highest BCUT2D eigenvalue weighted by atomic mass is 19.4. The molecule has 1 aromatic rings. The van der Waals surface area contributed by atoms with Gasteiger partial charge in [-0.1, -0.05) is 0 Å². The number of nitrogen functional groups attached to an aromatic ring is 1. The summed E-state index contributed by atoms with van der Waals surface area (Å²) in [5.74, 6) is -0.145. The normalized spacial score (nSPS) is 16.6. The fraction of sp³-hybridized carbons (Fsp3) is 0.571. The molecule has 2 rings (SSSR count). The first-order valence-electron chi connectivity index (χ1n) is 6.79. The molecule has 0 unspecified atom stereocenters. The minimum Gasteiger partial charge on any atom is -0.493 e. The van der Waals surface area contributed by atoms with Crippen molar-refractivity contribution in [3.8, 4) is 5.75 Å². The quantitative estimate of drug-likeness (QED) is 0.668. The third-order valence-corrected chi connectivity index (χ3v) is 3.38. The highest BCUT2D eigenvalue weighted by Crippen LogP contribution is 2.37. The van der Waals surface area contributed by atoms with Gasteiger partial charge in [0.15, 0.2) is 0 Å². The second-order valence-corrected chi connectivity index (χ2v) is 5.00. The number of alkyl halides is 3. The standard InChI is InChI=1S/C14H19F3N2O/c15-14(16,17)12-10-11(18)4-5-13(12)20-9-3-8-19-6-1-2-7-19/h4-5,10H,1-3,6-9,18H2. The van der Waals surface area contributed by atoms with Crippen molar-refractivity contribution < 1.29 is 17.9 Å². The van der Waals surface area contributed by atoms with Crippen molar-refractivity contribution in [3.05, 3.63) is 23.8 Å². The SMILES string of the molecule is Nc1ccc(OCCCN2CCCC2)c(C(F)(F)F)c1. The van der Waals surface area contributed by atoms with E-state index in [1.165, 1.54) is 25.0 Å². The summed E-state index contributed by atoms with van der Waals surface area (Å²) >= 11 is 0. The molecule has 1 aliphatic rings. The Morgan fingerprint density at radius 1 is 1.20 bits per heavy atom. The molecule has 2 N–H and O–H groups in total. The van der Waals surface area contributed by atoms with Crippen molar-refractivity contribution in [2.45, 2.75) is 25.4 Å². The van der Waals surface area contributed by atoms with Crippen LogP contribution in [0.15, 0.2) is 18.2 Å². The maximum absolute atomic E-state index is 12.8. The summed E-state index contributed by atoms with van der Waals surface area (Å²) in [6, 6.07) is 3.62. The Morgan fingerprint density at radius 2 is 1.90 bits per heavy atom. The number of anilines is 1. The number of nitrogens with zero attached hydrogens (tertiary/aromatic N) is 1. The lowest BCUT2D eigenvalue weighted by molar-refractivity contribution is -0.138. The van der Waals surface area contributed by atoms with Crippen molar-refractivity contribution in [1.82, 2.24) is 4.90 Å². The van der Waals surface area contributed by atoms with Gasteiger partial charge in [0.25, 0.3) is 0 Å². The van der Waals surface area contributed by atoms with Crippen molar-refractivity contribution in [1.29, 1.82) is 0 Å². The first-order chi connectivity index (χ1) is 9.47. The molecule has 0 atom stereocenters. The molecule has 20 heavy (non-hydrogen) atoms. The number of halogens is 3. The van der Waals surface area contributed by atoms with Crippen LogP contribution in [-0.4, -0.2) is 31.1 Å². The summed E-state index contributed by atoms with van der Waals surface area (Å²) in [6.45, 7) is 3.31. The van der Waals surface area contributed by atoms with E-state index in [-0.39, 0.29) is 18.0 Å². The van der Waals surface area contributed by atoms with Crippen LogP contribution in [0.4, 0.5) is 18.9 Å². The summed E-state index contributed by atoms with van der Waals surface area (Å²) < 4.78 is 43.8. The Hall–Kier alpha value is -1.43. The van der Waals surface area contributed by atoms with Gasteiger partial charge in [0.1, 0.15) is 5.75 Å². The Bertz CT molecular complexity index is 443. The average molecular weight is 288 g/mol. The maximum atomic E-state index is 12.8. The van der Waals surface area contributed by atoms with Crippen molar-refractivity contribution in [2.24, 2.45) is 0 Å². The summed E-state index contributed by atoms with van der Waals surface area (Å²) in [6.07, 6.45) is -1.31. The van der Waals surface area contributed by atoms with Crippen LogP contribution >= 0.6 is 0 Å². The lowest BCUT2D eigenvalue weighted by Crippen LogP contribution is -2.22. The summed E-state index contributed by atoms with van der Waals surface area (Å²) in [7, 11) is 0. The fourth-order valence-electron chi connectivity index (χ4n) is 2.37. The molecule has 0 saturated carbocycles. The third-order valence-electron chi connectivity index (χ3n) is 3.38. The molecule has 1 aliphatic heterocycles. The van der Waals surface area contributed by atoms with Gasteiger partial charge < -0.3 is 15.4 Å². The molecule has 0 aliphatic carbocycles. The molecule has 1 heterocycles. The van der Waals surface area contributed by atoms with Crippen molar-refractivity contribution in [3.63, 3.8) is 0 Å². The van der Waals surface area contributed by atoms with Crippen molar-refractivity contribution >= 4 is 5.69 Å². The second-order valence-electron chi connectivity index (χ2n) is 5.00. The molecule has 0 spiro atoms. The zero-order valence-electron chi connectivity index (χ0n) is 11.2. The van der Waals surface area contributed by atoms with E-state index in [1.807, 2.05) is 0 Å². The number of ether oxygens (including phenoxy) is 1. The monoisotopic (exact) mass is 288 g/mol. The van der Waals surface area contributed by atoms with Gasteiger partial charge in [-0.05, 0) is 50.6 Å². The second kappa shape index (κ2) is 6.35. The first kappa shape index (κ1) is 15.0. The predicted molar refractivity (Wildman–Crippen MR) is 71.6 cm³/mol. The summed E-state index contributed by atoms with van der Waals surface area (Å²) in [5.41, 5.74) is 4.68. The Labute approximate surface area is 116 Å². The van der Waals surface area contributed by atoms with E-state index in [0.717, 1.165) is 32.1 Å². The Kier molecular flexibility index (Phi) is 4.75. The van der Waals surface area contributed by atoms with Crippen LogP contribution < -0.4 is 10.5 Å². The van der Waals surface area contributed by atoms with Crippen LogP contribution in [0.25, 0.3) is 0 Å². The van der Waals surface area contributed by atoms with Gasteiger partial charge in [0.2, 0.25) is 0 Å². The highest BCUT2D eigenvalue weighted by Gasteiger charge is 2.34. The molecule has 0 amide bonds. The van der Waals surface area contributed by atoms with E-state index < -0.39 is 11.7 Å². The Balaban J connectivity index is 1.88. The van der Waals surface area contributed by atoms with Crippen LogP contribution in [0.5, 0.6) is 5.75 Å². The lowest BCUT2D eigenvalue weighted by atomic mass is 10.1. The molecule has 3 nitrogen and oxygen atoms in total. The number of likely N-dealkylation sites (tertiary alicyclic amines) is 1. The number of hydrogen-bond donors (Lipinski definition) is 1. The summed E-state index contributed by atoms with van der Waals surface area (Å²) in [4.78, 5) is 2.30. The number of rotatable bonds is 5. The van der Waals surface area contributed by atoms with Gasteiger partial charge in [0, 0.05) is 12.2 Å². The molecule has 6 heteroatoms. The van der Waals surface area contributed by atoms with Crippen LogP contribution in [0.1, 0.15) is 24.8 Å². The minimum atomic E-state index is -4.44. The number of hydrogen-bond acceptors (Lipinski definition) is 3. The smallest absolute Gasteiger partial charge is 0.420 e. The lowest BCUT2D eigenvalue weighted by Gasteiger charge is -2.17. The number of nitrogens with two attached hydrogens (primary N) is 1. The van der Waals surface area contributed by atoms with E-state index in [2.05, 4.69) is 4.90 Å². The molecule has 1 aromatic carbocycles. The number of benzene rings is 1. The topological polar surface area (TPSA) is 38.5 Å². The zero-order valence-corrected chi connectivity index (χ0v) is 11.2. The van der Waals surface area contributed by atoms with Crippen LogP contribution in [0.3, 0.4) is 0 Å². The van der Waals surface area contributed by atoms with Crippen LogP contribution in [0.2, 0.25) is 0 Å².